The molecule has 4 N–H and O–H groups in total. The van der Waals surface area contributed by atoms with E-state index in [0.29, 0.717) is 5.69 Å². The van der Waals surface area contributed by atoms with Crippen LogP contribution in [0.15, 0.2) is 23.1 Å². The van der Waals surface area contributed by atoms with E-state index in [1.54, 1.807) is 0 Å². The summed E-state index contributed by atoms with van der Waals surface area (Å²) in [5.74, 6) is -1.19. The standard InChI is InChI=1S/C13H19N3O4S/c1-16-6-2-3-9(8-16)15-12-5-4-10(21(14,19)20)7-11(12)13(17)18/h4-5,7,9,15H,2-3,6,8H2,1H3,(H,17,18)(H2,14,19,20). The molecule has 1 unspecified atom stereocenters. The van der Waals surface area contributed by atoms with Gasteiger partial charge in [0.25, 0.3) is 0 Å². The molecule has 0 radical (unpaired) electrons. The molecule has 1 aromatic carbocycles. The second-order valence-corrected chi connectivity index (χ2v) is 6.86. The molecular formula is C13H19N3O4S. The molecule has 0 saturated carbocycles. The molecule has 1 atom stereocenters. The number of nitrogens with zero attached hydrogens (tertiary/aromatic N) is 1. The fraction of sp³-hybridized carbons (Fsp3) is 0.462. The molecule has 1 heterocycles. The van der Waals surface area contributed by atoms with Crippen LogP contribution in [0.5, 0.6) is 0 Å². The maximum Gasteiger partial charge on any atom is 0.337 e. The summed E-state index contributed by atoms with van der Waals surface area (Å²) in [5, 5.41) is 17.5. The van der Waals surface area contributed by atoms with Crippen molar-refractivity contribution < 1.29 is 18.3 Å². The summed E-state index contributed by atoms with van der Waals surface area (Å²) in [6.45, 7) is 1.84. The average Bonchev–Trinajstić information content (AvgIpc) is 2.37. The molecule has 0 aliphatic carbocycles. The van der Waals surface area contributed by atoms with Crippen molar-refractivity contribution in [1.82, 2.24) is 4.90 Å². The third-order valence-electron chi connectivity index (χ3n) is 3.53. The van der Waals surface area contributed by atoms with Crippen LogP contribution in [0, 0.1) is 0 Å². The summed E-state index contributed by atoms with van der Waals surface area (Å²) in [7, 11) is -1.91. The maximum absolute atomic E-state index is 11.3. The largest absolute Gasteiger partial charge is 0.478 e. The highest BCUT2D eigenvalue weighted by molar-refractivity contribution is 7.89. The Balaban J connectivity index is 2.28. The molecule has 0 aromatic heterocycles. The number of anilines is 1. The maximum atomic E-state index is 11.3. The highest BCUT2D eigenvalue weighted by Crippen LogP contribution is 2.22. The fourth-order valence-electron chi connectivity index (χ4n) is 2.51. The number of carbonyl (C=O) groups is 1. The second kappa shape index (κ2) is 6.00. The Labute approximate surface area is 123 Å². The quantitative estimate of drug-likeness (QED) is 0.748. The molecule has 1 aliphatic heterocycles. The molecule has 7 nitrogen and oxygen atoms in total. The number of carboxylic acids is 1. The smallest absolute Gasteiger partial charge is 0.337 e. The van der Waals surface area contributed by atoms with Crippen LogP contribution in [0.2, 0.25) is 0 Å². The zero-order valence-electron chi connectivity index (χ0n) is 11.7. The predicted octanol–water partition coefficient (Wildman–Crippen LogP) is 0.538. The molecule has 1 saturated heterocycles. The van der Waals surface area contributed by atoms with Gasteiger partial charge >= 0.3 is 5.97 Å². The Hall–Kier alpha value is -1.64. The number of carboxylic acid groups (broad SMARTS) is 1. The number of benzene rings is 1. The number of likely N-dealkylation sites (N-methyl/N-ethyl adjacent to an activating group) is 1. The van der Waals surface area contributed by atoms with Crippen LogP contribution >= 0.6 is 0 Å². The summed E-state index contributed by atoms with van der Waals surface area (Å²) < 4.78 is 22.6. The van der Waals surface area contributed by atoms with E-state index >= 15 is 0 Å². The van der Waals surface area contributed by atoms with E-state index in [4.69, 9.17) is 5.14 Å². The van der Waals surface area contributed by atoms with Gasteiger partial charge in [0, 0.05) is 18.3 Å². The molecule has 116 valence electrons. The first-order valence-corrected chi connectivity index (χ1v) is 8.17. The highest BCUT2D eigenvalue weighted by atomic mass is 32.2. The van der Waals surface area contributed by atoms with Crippen molar-refractivity contribution in [3.63, 3.8) is 0 Å². The Morgan fingerprint density at radius 2 is 2.19 bits per heavy atom. The first-order chi connectivity index (χ1) is 9.77. The number of sulfonamides is 1. The van der Waals surface area contributed by atoms with Gasteiger partial charge in [-0.3, -0.25) is 0 Å². The minimum atomic E-state index is -3.92. The third-order valence-corrected chi connectivity index (χ3v) is 4.45. The summed E-state index contributed by atoms with van der Waals surface area (Å²) >= 11 is 0. The Morgan fingerprint density at radius 3 is 2.76 bits per heavy atom. The number of primary sulfonamides is 1. The van der Waals surface area contributed by atoms with Crippen LogP contribution in [0.4, 0.5) is 5.69 Å². The van der Waals surface area contributed by atoms with Crippen molar-refractivity contribution in [3.05, 3.63) is 23.8 Å². The number of nitrogens with one attached hydrogen (secondary N) is 1. The normalized spacial score (nSPS) is 20.2. The van der Waals surface area contributed by atoms with Gasteiger partial charge in [0.1, 0.15) is 0 Å². The van der Waals surface area contributed by atoms with E-state index in [-0.39, 0.29) is 16.5 Å². The molecule has 1 aliphatic rings. The number of hydrogen-bond donors (Lipinski definition) is 3. The average molecular weight is 313 g/mol. The zero-order valence-corrected chi connectivity index (χ0v) is 12.6. The molecule has 1 fully saturated rings. The lowest BCUT2D eigenvalue weighted by atomic mass is 10.0. The van der Waals surface area contributed by atoms with Crippen LogP contribution < -0.4 is 10.5 Å². The topological polar surface area (TPSA) is 113 Å². The zero-order chi connectivity index (χ0) is 15.6. The van der Waals surface area contributed by atoms with Gasteiger partial charge in [0.2, 0.25) is 10.0 Å². The first-order valence-electron chi connectivity index (χ1n) is 6.62. The van der Waals surface area contributed by atoms with Gasteiger partial charge in [-0.2, -0.15) is 0 Å². The number of hydrogen-bond acceptors (Lipinski definition) is 5. The minimum absolute atomic E-state index is 0.0882. The van der Waals surface area contributed by atoms with Crippen molar-refractivity contribution in [2.24, 2.45) is 5.14 Å². The second-order valence-electron chi connectivity index (χ2n) is 5.30. The number of likely N-dealkylation sites (tertiary alicyclic amines) is 1. The summed E-state index contributed by atoms with van der Waals surface area (Å²) in [4.78, 5) is 13.3. The van der Waals surface area contributed by atoms with Crippen LogP contribution in [0.1, 0.15) is 23.2 Å². The van der Waals surface area contributed by atoms with Gasteiger partial charge in [0.05, 0.1) is 10.5 Å². The Kier molecular flexibility index (Phi) is 4.50. The molecule has 8 heteroatoms. The van der Waals surface area contributed by atoms with E-state index in [9.17, 15) is 18.3 Å². The SMILES string of the molecule is CN1CCCC(Nc2ccc(S(N)(=O)=O)cc2C(=O)O)C1. The van der Waals surface area contributed by atoms with Crippen molar-refractivity contribution in [3.8, 4) is 0 Å². The van der Waals surface area contributed by atoms with Gasteiger partial charge in [-0.15, -0.1) is 0 Å². The Morgan fingerprint density at radius 1 is 1.48 bits per heavy atom. The van der Waals surface area contributed by atoms with E-state index in [2.05, 4.69) is 10.2 Å². The fourth-order valence-corrected chi connectivity index (χ4v) is 3.05. The molecule has 2 rings (SSSR count). The van der Waals surface area contributed by atoms with Gasteiger partial charge in [0.15, 0.2) is 0 Å². The summed E-state index contributed by atoms with van der Waals surface area (Å²) in [6.07, 6.45) is 1.98. The third kappa shape index (κ3) is 3.93. The van der Waals surface area contributed by atoms with Crippen LogP contribution in [-0.4, -0.2) is 50.6 Å². The predicted molar refractivity (Wildman–Crippen MR) is 78.9 cm³/mol. The van der Waals surface area contributed by atoms with E-state index in [1.807, 2.05) is 7.05 Å². The van der Waals surface area contributed by atoms with Gasteiger partial charge in [-0.05, 0) is 44.6 Å². The number of nitrogens with two attached hydrogens (primary N) is 1. The van der Waals surface area contributed by atoms with Crippen molar-refractivity contribution in [2.75, 3.05) is 25.5 Å². The number of rotatable bonds is 4. The van der Waals surface area contributed by atoms with Gasteiger partial charge < -0.3 is 15.3 Å². The first kappa shape index (κ1) is 15.7. The minimum Gasteiger partial charge on any atom is -0.478 e. The lowest BCUT2D eigenvalue weighted by molar-refractivity contribution is 0.0697. The number of aromatic carboxylic acids is 1. The van der Waals surface area contributed by atoms with Crippen LogP contribution in [-0.2, 0) is 10.0 Å². The van der Waals surface area contributed by atoms with Crippen LogP contribution in [0.25, 0.3) is 0 Å². The lowest BCUT2D eigenvalue weighted by Crippen LogP contribution is -2.40. The summed E-state index contributed by atoms with van der Waals surface area (Å²) in [5.41, 5.74) is 0.324. The molecular weight excluding hydrogens is 294 g/mol. The van der Waals surface area contributed by atoms with E-state index in [1.165, 1.54) is 12.1 Å². The molecule has 0 bridgehead atoms. The van der Waals surface area contributed by atoms with Crippen molar-refractivity contribution in [2.45, 2.75) is 23.8 Å². The van der Waals surface area contributed by atoms with E-state index in [0.717, 1.165) is 32.0 Å². The highest BCUT2D eigenvalue weighted by Gasteiger charge is 2.21. The molecule has 21 heavy (non-hydrogen) atoms. The van der Waals surface area contributed by atoms with E-state index < -0.39 is 16.0 Å². The van der Waals surface area contributed by atoms with Crippen molar-refractivity contribution in [1.29, 1.82) is 0 Å². The lowest BCUT2D eigenvalue weighted by Gasteiger charge is -2.31. The number of piperidine rings is 1. The monoisotopic (exact) mass is 313 g/mol. The molecule has 0 amide bonds. The molecule has 0 spiro atoms. The van der Waals surface area contributed by atoms with Gasteiger partial charge in [-0.1, -0.05) is 0 Å². The Bertz CT molecular complexity index is 645. The van der Waals surface area contributed by atoms with Gasteiger partial charge in [-0.25, -0.2) is 18.4 Å². The van der Waals surface area contributed by atoms with Crippen molar-refractivity contribution >= 4 is 21.7 Å². The summed E-state index contributed by atoms with van der Waals surface area (Å²) in [6, 6.07) is 4.00. The molecule has 1 aromatic rings. The van der Waals surface area contributed by atoms with Crippen LogP contribution in [0.3, 0.4) is 0 Å².